The molecule has 1 aromatic rings. The van der Waals surface area contributed by atoms with Gasteiger partial charge in [0.1, 0.15) is 0 Å². The summed E-state index contributed by atoms with van der Waals surface area (Å²) in [5.74, 6) is 0.336. The normalized spacial score (nSPS) is 11.4. The highest BCUT2D eigenvalue weighted by atomic mass is 35.5. The zero-order valence-corrected chi connectivity index (χ0v) is 11.8. The molecule has 0 bridgehead atoms. The lowest BCUT2D eigenvalue weighted by atomic mass is 9.96. The number of hydrogen-bond acceptors (Lipinski definition) is 1. The number of rotatable bonds is 4. The van der Waals surface area contributed by atoms with E-state index in [1.807, 2.05) is 26.8 Å². The summed E-state index contributed by atoms with van der Waals surface area (Å²) < 4.78 is 0. The van der Waals surface area contributed by atoms with Gasteiger partial charge in [0.25, 0.3) is 5.91 Å². The van der Waals surface area contributed by atoms with Crippen molar-refractivity contribution in [3.05, 3.63) is 34.3 Å². The Morgan fingerprint density at radius 1 is 1.41 bits per heavy atom. The summed E-state index contributed by atoms with van der Waals surface area (Å²) in [5, 5.41) is 3.32. The summed E-state index contributed by atoms with van der Waals surface area (Å²) in [4.78, 5) is 11.9. The van der Waals surface area contributed by atoms with E-state index in [1.165, 1.54) is 0 Å². The monoisotopic (exact) mass is 273 g/mol. The molecule has 0 saturated carbocycles. The molecule has 0 spiro atoms. The highest BCUT2D eigenvalue weighted by Gasteiger charge is 2.18. The first kappa shape index (κ1) is 14.3. The van der Waals surface area contributed by atoms with E-state index >= 15 is 0 Å². The van der Waals surface area contributed by atoms with Gasteiger partial charge in [0.05, 0.1) is 10.6 Å². The van der Waals surface area contributed by atoms with Gasteiger partial charge in [-0.2, -0.15) is 0 Å². The fourth-order valence-electron chi connectivity index (χ4n) is 1.27. The number of amides is 1. The van der Waals surface area contributed by atoms with Crippen LogP contribution in [0, 0.1) is 12.3 Å². The maximum Gasteiger partial charge on any atom is 0.252 e. The van der Waals surface area contributed by atoms with Crippen LogP contribution in [0.4, 0.5) is 0 Å². The van der Waals surface area contributed by atoms with Crippen LogP contribution >= 0.6 is 23.2 Å². The van der Waals surface area contributed by atoms with E-state index in [0.29, 0.717) is 23.0 Å². The van der Waals surface area contributed by atoms with Gasteiger partial charge in [0.15, 0.2) is 0 Å². The van der Waals surface area contributed by atoms with E-state index in [4.69, 9.17) is 23.2 Å². The van der Waals surface area contributed by atoms with Crippen molar-refractivity contribution >= 4 is 29.1 Å². The van der Waals surface area contributed by atoms with Gasteiger partial charge in [0, 0.05) is 12.4 Å². The minimum atomic E-state index is -0.159. The van der Waals surface area contributed by atoms with Gasteiger partial charge in [-0.3, -0.25) is 4.79 Å². The van der Waals surface area contributed by atoms with Gasteiger partial charge in [-0.05, 0) is 30.0 Å². The Hall–Kier alpha value is -0.730. The zero-order valence-electron chi connectivity index (χ0n) is 10.3. The molecule has 0 fully saturated rings. The van der Waals surface area contributed by atoms with Crippen LogP contribution in [0.15, 0.2) is 18.2 Å². The van der Waals surface area contributed by atoms with Gasteiger partial charge in [-0.25, -0.2) is 0 Å². The summed E-state index contributed by atoms with van der Waals surface area (Å²) in [6.07, 6.45) is 0. The predicted octanol–water partition coefficient (Wildman–Crippen LogP) is 3.64. The minimum absolute atomic E-state index is 0.117. The number of carbonyl (C=O) groups excluding carboxylic acids is 1. The fourth-order valence-corrected chi connectivity index (χ4v) is 1.68. The molecule has 94 valence electrons. The predicted molar refractivity (Wildman–Crippen MR) is 73.0 cm³/mol. The Morgan fingerprint density at radius 2 is 2.06 bits per heavy atom. The smallest absolute Gasteiger partial charge is 0.252 e. The fraction of sp³-hybridized carbons (Fsp3) is 0.462. The molecular weight excluding hydrogens is 257 g/mol. The highest BCUT2D eigenvalue weighted by Crippen LogP contribution is 2.19. The van der Waals surface area contributed by atoms with E-state index < -0.39 is 0 Å². The van der Waals surface area contributed by atoms with Crippen LogP contribution in [-0.2, 0) is 0 Å². The third-order valence-corrected chi connectivity index (χ3v) is 3.49. The second-order valence-electron chi connectivity index (χ2n) is 4.96. The van der Waals surface area contributed by atoms with E-state index in [-0.39, 0.29) is 11.3 Å². The number of aryl methyl sites for hydroxylation is 1. The van der Waals surface area contributed by atoms with Crippen LogP contribution in [0.1, 0.15) is 29.8 Å². The Labute approximate surface area is 112 Å². The lowest BCUT2D eigenvalue weighted by Crippen LogP contribution is -2.35. The maximum atomic E-state index is 11.9. The Bertz CT molecular complexity index is 416. The molecule has 1 aromatic carbocycles. The van der Waals surface area contributed by atoms with Crippen molar-refractivity contribution in [1.29, 1.82) is 0 Å². The number of alkyl halides is 1. The summed E-state index contributed by atoms with van der Waals surface area (Å²) in [6, 6.07) is 5.39. The molecule has 0 saturated heterocycles. The van der Waals surface area contributed by atoms with Crippen LogP contribution in [0.2, 0.25) is 5.02 Å². The molecule has 0 aliphatic carbocycles. The second-order valence-corrected chi connectivity index (χ2v) is 5.64. The molecule has 0 aliphatic rings. The molecule has 1 amide bonds. The van der Waals surface area contributed by atoms with Crippen molar-refractivity contribution in [2.24, 2.45) is 5.41 Å². The van der Waals surface area contributed by atoms with E-state index in [0.717, 1.165) is 5.56 Å². The van der Waals surface area contributed by atoms with Crippen molar-refractivity contribution in [2.45, 2.75) is 20.8 Å². The average Bonchev–Trinajstić information content (AvgIpc) is 2.26. The Morgan fingerprint density at radius 3 is 2.59 bits per heavy atom. The van der Waals surface area contributed by atoms with Crippen molar-refractivity contribution in [1.82, 2.24) is 5.32 Å². The number of halogens is 2. The standard InChI is InChI=1S/C13H17Cl2NO/c1-9-4-5-10(11(15)6-9)12(17)16-8-13(2,3)7-14/h4-6H,7-8H2,1-3H3,(H,16,17). The molecule has 4 heteroatoms. The summed E-state index contributed by atoms with van der Waals surface area (Å²) in [5.41, 5.74) is 1.42. The van der Waals surface area contributed by atoms with Crippen molar-refractivity contribution in [2.75, 3.05) is 12.4 Å². The Kier molecular flexibility index (Phi) is 4.84. The van der Waals surface area contributed by atoms with Gasteiger partial charge in [-0.1, -0.05) is 31.5 Å². The van der Waals surface area contributed by atoms with Crippen LogP contribution in [0.5, 0.6) is 0 Å². The lowest BCUT2D eigenvalue weighted by Gasteiger charge is -2.21. The van der Waals surface area contributed by atoms with Crippen molar-refractivity contribution in [3.63, 3.8) is 0 Å². The molecule has 0 aromatic heterocycles. The molecule has 0 radical (unpaired) electrons. The van der Waals surface area contributed by atoms with Crippen molar-refractivity contribution < 1.29 is 4.79 Å². The largest absolute Gasteiger partial charge is 0.351 e. The van der Waals surface area contributed by atoms with Gasteiger partial charge >= 0.3 is 0 Å². The first-order valence-corrected chi connectivity index (χ1v) is 6.37. The molecule has 17 heavy (non-hydrogen) atoms. The van der Waals surface area contributed by atoms with Gasteiger partial charge < -0.3 is 5.32 Å². The number of benzene rings is 1. The molecular formula is C13H17Cl2NO. The van der Waals surface area contributed by atoms with Crippen LogP contribution in [0.3, 0.4) is 0 Å². The summed E-state index contributed by atoms with van der Waals surface area (Å²) in [7, 11) is 0. The first-order valence-electron chi connectivity index (χ1n) is 5.46. The summed E-state index contributed by atoms with van der Waals surface area (Å²) >= 11 is 11.8. The minimum Gasteiger partial charge on any atom is -0.351 e. The third-order valence-electron chi connectivity index (χ3n) is 2.46. The van der Waals surface area contributed by atoms with Gasteiger partial charge in [0.2, 0.25) is 0 Å². The highest BCUT2D eigenvalue weighted by molar-refractivity contribution is 6.33. The quantitative estimate of drug-likeness (QED) is 0.834. The molecule has 0 unspecified atom stereocenters. The van der Waals surface area contributed by atoms with E-state index in [2.05, 4.69) is 5.32 Å². The molecule has 0 heterocycles. The van der Waals surface area contributed by atoms with Crippen LogP contribution in [0.25, 0.3) is 0 Å². The van der Waals surface area contributed by atoms with Crippen LogP contribution < -0.4 is 5.32 Å². The second kappa shape index (κ2) is 5.74. The van der Waals surface area contributed by atoms with Crippen LogP contribution in [-0.4, -0.2) is 18.3 Å². The molecule has 2 nitrogen and oxygen atoms in total. The SMILES string of the molecule is Cc1ccc(C(=O)NCC(C)(C)CCl)c(Cl)c1. The average molecular weight is 274 g/mol. The van der Waals surface area contributed by atoms with Gasteiger partial charge in [-0.15, -0.1) is 11.6 Å². The topological polar surface area (TPSA) is 29.1 Å². The molecule has 1 N–H and O–H groups in total. The Balaban J connectivity index is 2.71. The summed E-state index contributed by atoms with van der Waals surface area (Å²) in [6.45, 7) is 6.46. The number of nitrogens with one attached hydrogen (secondary N) is 1. The van der Waals surface area contributed by atoms with E-state index in [1.54, 1.807) is 12.1 Å². The number of carbonyl (C=O) groups is 1. The molecule has 0 aliphatic heterocycles. The lowest BCUT2D eigenvalue weighted by molar-refractivity contribution is 0.0940. The molecule has 0 atom stereocenters. The first-order chi connectivity index (χ1) is 7.85. The maximum absolute atomic E-state index is 11.9. The third kappa shape index (κ3) is 4.21. The number of hydrogen-bond donors (Lipinski definition) is 1. The zero-order chi connectivity index (χ0) is 13.1. The molecule has 1 rings (SSSR count). The van der Waals surface area contributed by atoms with Crippen molar-refractivity contribution in [3.8, 4) is 0 Å². The van der Waals surface area contributed by atoms with E-state index in [9.17, 15) is 4.79 Å².